The number of nitrogens with two attached hydrogens (primary N) is 1. The first-order valence-corrected chi connectivity index (χ1v) is 4.64. The van der Waals surface area contributed by atoms with Crippen molar-refractivity contribution in [3.8, 4) is 0 Å². The summed E-state index contributed by atoms with van der Waals surface area (Å²) in [5.74, 6) is -1.48. The number of aliphatic carboxylic acids is 1. The summed E-state index contributed by atoms with van der Waals surface area (Å²) >= 11 is 0. The Kier molecular flexibility index (Phi) is 2.19. The van der Waals surface area contributed by atoms with Gasteiger partial charge in [-0.15, -0.1) is 0 Å². The minimum Gasteiger partial charge on any atom is -0.481 e. The lowest BCUT2D eigenvalue weighted by molar-refractivity contribution is -0.148. The van der Waals surface area contributed by atoms with Crippen LogP contribution in [0.25, 0.3) is 0 Å². The van der Waals surface area contributed by atoms with Crippen molar-refractivity contribution >= 4 is 5.97 Å². The number of carboxylic acid groups (broad SMARTS) is 1. The molecule has 0 spiro atoms. The van der Waals surface area contributed by atoms with Gasteiger partial charge in [-0.05, 0) is 24.5 Å². The van der Waals surface area contributed by atoms with E-state index in [1.54, 1.807) is 0 Å². The zero-order valence-electron chi connectivity index (χ0n) is 7.98. The summed E-state index contributed by atoms with van der Waals surface area (Å²) in [6.45, 7) is 0. The molecule has 1 saturated carbocycles. The van der Waals surface area contributed by atoms with E-state index >= 15 is 0 Å². The Morgan fingerprint density at radius 2 is 2.27 bits per heavy atom. The number of halogens is 1. The van der Waals surface area contributed by atoms with E-state index in [4.69, 9.17) is 10.8 Å². The first kappa shape index (κ1) is 10.0. The van der Waals surface area contributed by atoms with Crippen LogP contribution < -0.4 is 5.73 Å². The van der Waals surface area contributed by atoms with E-state index in [2.05, 4.69) is 4.98 Å². The molecular formula is C10H11FN2O2. The van der Waals surface area contributed by atoms with Gasteiger partial charge in [0.1, 0.15) is 5.82 Å². The van der Waals surface area contributed by atoms with E-state index in [1.807, 2.05) is 0 Å². The van der Waals surface area contributed by atoms with Crippen LogP contribution >= 0.6 is 0 Å². The van der Waals surface area contributed by atoms with E-state index in [-0.39, 0.29) is 6.04 Å². The zero-order chi connectivity index (χ0) is 11.1. The average molecular weight is 210 g/mol. The van der Waals surface area contributed by atoms with Crippen molar-refractivity contribution in [3.63, 3.8) is 0 Å². The van der Waals surface area contributed by atoms with Gasteiger partial charge >= 0.3 is 5.97 Å². The Hall–Kier alpha value is -1.49. The summed E-state index contributed by atoms with van der Waals surface area (Å²) in [5, 5.41) is 9.14. The van der Waals surface area contributed by atoms with Crippen LogP contribution in [-0.4, -0.2) is 22.1 Å². The largest absolute Gasteiger partial charge is 0.481 e. The highest BCUT2D eigenvalue weighted by Gasteiger charge is 2.50. The highest BCUT2D eigenvalue weighted by atomic mass is 19.1. The van der Waals surface area contributed by atoms with Crippen LogP contribution in [0.5, 0.6) is 0 Å². The number of carbonyl (C=O) groups is 1. The minimum atomic E-state index is -1.03. The predicted octanol–water partition coefficient (Wildman–Crippen LogP) is 0.664. The predicted molar refractivity (Wildman–Crippen MR) is 50.7 cm³/mol. The monoisotopic (exact) mass is 210 g/mol. The molecule has 2 rings (SSSR count). The van der Waals surface area contributed by atoms with Gasteiger partial charge in [0.2, 0.25) is 0 Å². The van der Waals surface area contributed by atoms with Crippen molar-refractivity contribution in [2.45, 2.75) is 24.3 Å². The third-order valence-electron chi connectivity index (χ3n) is 2.89. The topological polar surface area (TPSA) is 76.2 Å². The summed E-state index contributed by atoms with van der Waals surface area (Å²) in [4.78, 5) is 14.8. The van der Waals surface area contributed by atoms with Crippen molar-refractivity contribution in [2.24, 2.45) is 5.73 Å². The molecule has 1 aliphatic carbocycles. The lowest BCUT2D eigenvalue weighted by Crippen LogP contribution is -2.54. The number of hydrogen-bond acceptors (Lipinski definition) is 3. The maximum Gasteiger partial charge on any atom is 0.314 e. The van der Waals surface area contributed by atoms with E-state index in [0.29, 0.717) is 18.4 Å². The van der Waals surface area contributed by atoms with Crippen LogP contribution in [0.2, 0.25) is 0 Å². The fourth-order valence-corrected chi connectivity index (χ4v) is 2.04. The van der Waals surface area contributed by atoms with E-state index in [0.717, 1.165) is 6.20 Å². The van der Waals surface area contributed by atoms with E-state index < -0.39 is 17.2 Å². The Morgan fingerprint density at radius 1 is 1.60 bits per heavy atom. The van der Waals surface area contributed by atoms with Gasteiger partial charge in [-0.1, -0.05) is 0 Å². The lowest BCUT2D eigenvalue weighted by atomic mass is 9.62. The minimum absolute atomic E-state index is 0.121. The summed E-state index contributed by atoms with van der Waals surface area (Å²) in [7, 11) is 0. The number of rotatable bonds is 2. The molecule has 0 radical (unpaired) electrons. The van der Waals surface area contributed by atoms with Crippen LogP contribution in [0.3, 0.4) is 0 Å². The van der Waals surface area contributed by atoms with Crippen LogP contribution in [0, 0.1) is 5.82 Å². The zero-order valence-corrected chi connectivity index (χ0v) is 7.98. The maximum absolute atomic E-state index is 12.9. The van der Waals surface area contributed by atoms with Crippen molar-refractivity contribution in [1.82, 2.24) is 4.98 Å². The van der Waals surface area contributed by atoms with Gasteiger partial charge < -0.3 is 10.8 Å². The summed E-state index contributed by atoms with van der Waals surface area (Å²) in [5.41, 5.74) is 4.96. The molecule has 1 fully saturated rings. The molecule has 15 heavy (non-hydrogen) atoms. The Balaban J connectivity index is 2.39. The normalized spacial score (nSPS) is 29.6. The molecule has 5 heteroatoms. The Bertz CT molecular complexity index is 402. The number of aromatic nitrogens is 1. The molecule has 0 aromatic carbocycles. The highest BCUT2D eigenvalue weighted by Crippen LogP contribution is 2.43. The fourth-order valence-electron chi connectivity index (χ4n) is 2.04. The second-order valence-electron chi connectivity index (χ2n) is 3.95. The van der Waals surface area contributed by atoms with Gasteiger partial charge in [0.15, 0.2) is 0 Å². The Morgan fingerprint density at radius 3 is 2.73 bits per heavy atom. The second kappa shape index (κ2) is 3.27. The first-order chi connectivity index (χ1) is 7.04. The molecule has 0 bridgehead atoms. The molecule has 1 aromatic rings. The van der Waals surface area contributed by atoms with Crippen LogP contribution in [-0.2, 0) is 10.2 Å². The van der Waals surface area contributed by atoms with Gasteiger partial charge in [-0.25, -0.2) is 4.39 Å². The lowest BCUT2D eigenvalue weighted by Gasteiger charge is -2.42. The highest BCUT2D eigenvalue weighted by molar-refractivity contribution is 5.83. The van der Waals surface area contributed by atoms with Crippen LogP contribution in [0.4, 0.5) is 4.39 Å². The first-order valence-electron chi connectivity index (χ1n) is 4.64. The number of pyridine rings is 1. The third kappa shape index (κ3) is 1.48. The molecule has 80 valence electrons. The molecule has 3 N–H and O–H groups in total. The van der Waals surface area contributed by atoms with Gasteiger partial charge in [0, 0.05) is 12.2 Å². The van der Waals surface area contributed by atoms with E-state index in [1.165, 1.54) is 12.3 Å². The van der Waals surface area contributed by atoms with Crippen molar-refractivity contribution in [2.75, 3.05) is 0 Å². The third-order valence-corrected chi connectivity index (χ3v) is 2.89. The fraction of sp³-hybridized carbons (Fsp3) is 0.400. The molecule has 1 aromatic heterocycles. The summed E-state index contributed by atoms with van der Waals surface area (Å²) in [6, 6.07) is 1.09. The smallest absolute Gasteiger partial charge is 0.314 e. The molecular weight excluding hydrogens is 199 g/mol. The quantitative estimate of drug-likeness (QED) is 0.752. The molecule has 1 aliphatic rings. The SMILES string of the molecule is NC1CC(C(=O)O)(c2cncc(F)c2)C1. The molecule has 0 aliphatic heterocycles. The molecule has 0 amide bonds. The maximum atomic E-state index is 12.9. The van der Waals surface area contributed by atoms with Gasteiger partial charge in [-0.3, -0.25) is 9.78 Å². The number of nitrogens with zero attached hydrogens (tertiary/aromatic N) is 1. The number of carboxylic acids is 1. The standard InChI is InChI=1S/C10H11FN2O2/c11-7-1-6(4-13-5-7)10(9(14)15)2-8(12)3-10/h1,4-5,8H,2-3,12H2,(H,14,15). The molecule has 0 saturated heterocycles. The second-order valence-corrected chi connectivity index (χ2v) is 3.95. The van der Waals surface area contributed by atoms with Gasteiger partial charge in [-0.2, -0.15) is 0 Å². The van der Waals surface area contributed by atoms with Gasteiger partial charge in [0.05, 0.1) is 11.6 Å². The van der Waals surface area contributed by atoms with Crippen molar-refractivity contribution in [3.05, 3.63) is 29.8 Å². The molecule has 1 heterocycles. The molecule has 0 atom stereocenters. The van der Waals surface area contributed by atoms with Gasteiger partial charge in [0.25, 0.3) is 0 Å². The van der Waals surface area contributed by atoms with Crippen molar-refractivity contribution in [1.29, 1.82) is 0 Å². The van der Waals surface area contributed by atoms with Crippen LogP contribution in [0.15, 0.2) is 18.5 Å². The average Bonchev–Trinajstić information content (AvgIpc) is 2.12. The molecule has 4 nitrogen and oxygen atoms in total. The summed E-state index contributed by atoms with van der Waals surface area (Å²) < 4.78 is 12.9. The van der Waals surface area contributed by atoms with Crippen molar-refractivity contribution < 1.29 is 14.3 Å². The van der Waals surface area contributed by atoms with E-state index in [9.17, 15) is 9.18 Å². The number of hydrogen-bond donors (Lipinski definition) is 2. The molecule has 0 unspecified atom stereocenters. The summed E-state index contributed by atoms with van der Waals surface area (Å²) in [6.07, 6.45) is 3.13. The Labute approximate surface area is 85.9 Å². The van der Waals surface area contributed by atoms with Crippen LogP contribution in [0.1, 0.15) is 18.4 Å².